The van der Waals surface area contributed by atoms with Crippen molar-refractivity contribution in [3.63, 3.8) is 0 Å². The lowest BCUT2D eigenvalue weighted by Crippen LogP contribution is -2.53. The minimum Gasteiger partial charge on any atom is -0.508 e. The van der Waals surface area contributed by atoms with E-state index in [9.17, 15) is 5.11 Å². The average Bonchev–Trinajstić information content (AvgIpc) is 2.85. The molecule has 1 fully saturated rings. The van der Waals surface area contributed by atoms with Crippen LogP contribution in [0.15, 0.2) is 83.7 Å². The molecule has 0 saturated carbocycles. The van der Waals surface area contributed by atoms with Crippen LogP contribution in [0.4, 0.5) is 0 Å². The van der Waals surface area contributed by atoms with E-state index in [0.717, 1.165) is 55.1 Å². The molecule has 0 amide bonds. The number of aliphatic hydroxyl groups excluding tert-OH is 1. The predicted molar refractivity (Wildman–Crippen MR) is 149 cm³/mol. The summed E-state index contributed by atoms with van der Waals surface area (Å²) in [6.45, 7) is 13.7. The predicted octanol–water partition coefficient (Wildman–Crippen LogP) is 6.67. The first-order valence-electron chi connectivity index (χ1n) is 13.3. The van der Waals surface area contributed by atoms with E-state index in [2.05, 4.69) is 43.2 Å². The quantitative estimate of drug-likeness (QED) is 0.189. The molecule has 1 aliphatic heterocycles. The molecule has 6 heteroatoms. The number of hydrogen-bond donors (Lipinski definition) is 2. The van der Waals surface area contributed by atoms with Crippen LogP contribution in [-0.2, 0) is 9.57 Å². The van der Waals surface area contributed by atoms with Gasteiger partial charge in [-0.2, -0.15) is 0 Å². The van der Waals surface area contributed by atoms with Gasteiger partial charge in [-0.3, -0.25) is 4.90 Å². The highest BCUT2D eigenvalue weighted by atomic mass is 35.5. The van der Waals surface area contributed by atoms with Gasteiger partial charge in [0.15, 0.2) is 0 Å². The van der Waals surface area contributed by atoms with E-state index in [1.54, 1.807) is 12.2 Å². The van der Waals surface area contributed by atoms with Crippen LogP contribution in [-0.4, -0.2) is 48.0 Å². The maximum Gasteiger partial charge on any atom is 0.111 e. The standard InChI is InChI=1S/C30H43ClN2O3/c1-4-6-19-33-20-26(21-33)35-25(10-5-2)11-9-13-28(22(3)27-12-7-8-14-29(27)31)30(36-32)23-15-17-24(34)18-16-23/h5,9,11-12,14-15,17-18,23,25-26,28,30,34H,2-4,6-8,10,13,16,19-21,32H2,1H3/b11-9-/t23-,25-,28?,30+/m0/s1. The topological polar surface area (TPSA) is 68.0 Å². The van der Waals surface area contributed by atoms with Crippen molar-refractivity contribution in [3.05, 3.63) is 83.7 Å². The zero-order valence-electron chi connectivity index (χ0n) is 21.7. The molecule has 1 unspecified atom stereocenters. The van der Waals surface area contributed by atoms with Gasteiger partial charge in [0.1, 0.15) is 5.76 Å². The van der Waals surface area contributed by atoms with E-state index in [0.29, 0.717) is 12.8 Å². The number of rotatable bonds is 15. The molecule has 0 aromatic rings. The van der Waals surface area contributed by atoms with Crippen molar-refractivity contribution < 1.29 is 14.7 Å². The summed E-state index contributed by atoms with van der Waals surface area (Å²) in [6.07, 6.45) is 22.3. The molecule has 0 bridgehead atoms. The number of ether oxygens (including phenoxy) is 1. The van der Waals surface area contributed by atoms with E-state index in [-0.39, 0.29) is 35.9 Å². The van der Waals surface area contributed by atoms with Crippen molar-refractivity contribution in [2.24, 2.45) is 17.7 Å². The first kappa shape index (κ1) is 28.7. The highest BCUT2D eigenvalue weighted by Crippen LogP contribution is 2.38. The minimum atomic E-state index is -0.312. The van der Waals surface area contributed by atoms with Gasteiger partial charge in [-0.1, -0.05) is 68.0 Å². The average molecular weight is 515 g/mol. The number of nitrogens with two attached hydrogens (primary N) is 1. The molecule has 3 N–H and O–H groups in total. The Labute approximate surface area is 222 Å². The third-order valence-electron chi connectivity index (χ3n) is 7.24. The van der Waals surface area contributed by atoms with Crippen LogP contribution in [0.3, 0.4) is 0 Å². The lowest BCUT2D eigenvalue weighted by Gasteiger charge is -2.40. The number of hydrogen-bond acceptors (Lipinski definition) is 5. The Morgan fingerprint density at radius 3 is 2.69 bits per heavy atom. The Morgan fingerprint density at radius 1 is 1.28 bits per heavy atom. The van der Waals surface area contributed by atoms with Crippen LogP contribution >= 0.6 is 11.6 Å². The number of nitrogens with zero attached hydrogens (tertiary/aromatic N) is 1. The zero-order chi connectivity index (χ0) is 25.9. The van der Waals surface area contributed by atoms with Crippen molar-refractivity contribution in [3.8, 4) is 0 Å². The van der Waals surface area contributed by atoms with Crippen molar-refractivity contribution in [1.82, 2.24) is 4.90 Å². The number of unbranched alkanes of at least 4 members (excludes halogenated alkanes) is 1. The summed E-state index contributed by atoms with van der Waals surface area (Å²) in [5.74, 6) is 6.08. The SMILES string of the molecule is C=CC[C@@H](/C=C\CC(C(=C)C1=CCCC=C1Cl)[C@H](ON)[C@H]1C=CC(O)=CC1)OC1CN(CCCC)C1. The van der Waals surface area contributed by atoms with Crippen molar-refractivity contribution in [1.29, 1.82) is 0 Å². The van der Waals surface area contributed by atoms with Gasteiger partial charge in [0, 0.05) is 30.0 Å². The summed E-state index contributed by atoms with van der Waals surface area (Å²) in [6, 6.07) is 0. The van der Waals surface area contributed by atoms with Crippen LogP contribution in [0, 0.1) is 11.8 Å². The fourth-order valence-electron chi connectivity index (χ4n) is 5.11. The second-order valence-corrected chi connectivity index (χ2v) is 10.4. The molecule has 1 saturated heterocycles. The Bertz CT molecular complexity index is 898. The third-order valence-corrected chi connectivity index (χ3v) is 7.59. The molecule has 4 atom stereocenters. The summed E-state index contributed by atoms with van der Waals surface area (Å²) < 4.78 is 6.36. The van der Waals surface area contributed by atoms with Crippen LogP contribution < -0.4 is 5.90 Å². The highest BCUT2D eigenvalue weighted by Gasteiger charge is 2.33. The summed E-state index contributed by atoms with van der Waals surface area (Å²) in [5, 5.41) is 10.5. The molecular weight excluding hydrogens is 472 g/mol. The van der Waals surface area contributed by atoms with Crippen LogP contribution in [0.2, 0.25) is 0 Å². The monoisotopic (exact) mass is 514 g/mol. The molecule has 1 heterocycles. The van der Waals surface area contributed by atoms with E-state index in [1.165, 1.54) is 12.8 Å². The minimum absolute atomic E-state index is 0.0150. The molecule has 2 aliphatic carbocycles. The molecule has 0 radical (unpaired) electrons. The Hall–Kier alpha value is -1.89. The summed E-state index contributed by atoms with van der Waals surface area (Å²) >= 11 is 6.57. The maximum atomic E-state index is 9.79. The van der Waals surface area contributed by atoms with Gasteiger partial charge in [-0.05, 0) is 68.4 Å². The number of halogens is 1. The van der Waals surface area contributed by atoms with Gasteiger partial charge >= 0.3 is 0 Å². The molecule has 36 heavy (non-hydrogen) atoms. The normalized spacial score (nSPS) is 23.4. The van der Waals surface area contributed by atoms with Crippen LogP contribution in [0.1, 0.15) is 51.9 Å². The van der Waals surface area contributed by atoms with Crippen LogP contribution in [0.5, 0.6) is 0 Å². The lowest BCUT2D eigenvalue weighted by atomic mass is 9.78. The fourth-order valence-corrected chi connectivity index (χ4v) is 5.42. The number of likely N-dealkylation sites (tertiary alicyclic amines) is 1. The van der Waals surface area contributed by atoms with Crippen molar-refractivity contribution in [2.45, 2.75) is 70.2 Å². The third kappa shape index (κ3) is 8.06. The van der Waals surface area contributed by atoms with Gasteiger partial charge in [0.2, 0.25) is 0 Å². The first-order chi connectivity index (χ1) is 17.5. The largest absolute Gasteiger partial charge is 0.508 e. The molecular formula is C30H43ClN2O3. The smallest absolute Gasteiger partial charge is 0.111 e. The Morgan fingerprint density at radius 2 is 2.06 bits per heavy atom. The molecule has 3 aliphatic rings. The van der Waals surface area contributed by atoms with E-state index in [4.69, 9.17) is 27.1 Å². The number of aliphatic hydroxyl groups is 1. The van der Waals surface area contributed by atoms with Gasteiger partial charge in [0.25, 0.3) is 0 Å². The van der Waals surface area contributed by atoms with E-state index < -0.39 is 0 Å². The van der Waals surface area contributed by atoms with Gasteiger partial charge in [-0.25, -0.2) is 5.90 Å². The lowest BCUT2D eigenvalue weighted by molar-refractivity contribution is -0.0763. The van der Waals surface area contributed by atoms with E-state index in [1.807, 2.05) is 18.2 Å². The summed E-state index contributed by atoms with van der Waals surface area (Å²) in [4.78, 5) is 8.02. The number of allylic oxidation sites excluding steroid dienone is 7. The second-order valence-electron chi connectivity index (χ2n) is 9.97. The Kier molecular flexibility index (Phi) is 11.7. The molecule has 0 aromatic heterocycles. The van der Waals surface area contributed by atoms with Gasteiger partial charge in [-0.15, -0.1) is 6.58 Å². The summed E-state index contributed by atoms with van der Waals surface area (Å²) in [7, 11) is 0. The van der Waals surface area contributed by atoms with Gasteiger partial charge in [0.05, 0.1) is 18.3 Å². The van der Waals surface area contributed by atoms with Gasteiger partial charge < -0.3 is 14.7 Å². The first-order valence-corrected chi connectivity index (χ1v) is 13.7. The second kappa shape index (κ2) is 14.7. The van der Waals surface area contributed by atoms with Crippen molar-refractivity contribution in [2.75, 3.05) is 19.6 Å². The fraction of sp³-hybridized carbons (Fsp3) is 0.533. The Balaban J connectivity index is 1.70. The molecule has 5 nitrogen and oxygen atoms in total. The zero-order valence-corrected chi connectivity index (χ0v) is 22.4. The summed E-state index contributed by atoms with van der Waals surface area (Å²) in [5.41, 5.74) is 1.90. The molecule has 0 spiro atoms. The highest BCUT2D eigenvalue weighted by molar-refractivity contribution is 6.32. The molecule has 3 rings (SSSR count). The maximum absolute atomic E-state index is 9.79. The van der Waals surface area contributed by atoms with Crippen LogP contribution in [0.25, 0.3) is 0 Å². The molecule has 198 valence electrons. The van der Waals surface area contributed by atoms with E-state index >= 15 is 0 Å². The molecule has 0 aromatic carbocycles. The van der Waals surface area contributed by atoms with Crippen molar-refractivity contribution >= 4 is 11.6 Å².